The molecule has 0 bridgehead atoms. The number of nitrogens with zero attached hydrogens (tertiary/aromatic N) is 4. The quantitative estimate of drug-likeness (QED) is 0.115. The number of aryl methyl sites for hydroxylation is 4. The minimum absolute atomic E-state index is 0.113. The number of fused-ring (bicyclic) bond motifs is 24. The lowest BCUT2D eigenvalue weighted by molar-refractivity contribution is 0.660. The van der Waals surface area contributed by atoms with Gasteiger partial charge in [0, 0.05) is 115 Å². The number of benzene rings is 21. The molecular formula is C142H108N4OS. The van der Waals surface area contributed by atoms with E-state index >= 15 is 0 Å². The third-order valence-corrected chi connectivity index (χ3v) is 34.5. The smallest absolute Gasteiger partial charge is 0.143 e. The van der Waals surface area contributed by atoms with E-state index in [1.54, 1.807) is 0 Å². The van der Waals surface area contributed by atoms with Gasteiger partial charge in [-0.1, -0.05) is 363 Å². The zero-order chi connectivity index (χ0) is 99.8. The van der Waals surface area contributed by atoms with E-state index in [2.05, 4.69) is 533 Å². The fraction of sp³-hybridized carbons (Fsp3) is 0.113. The first-order valence-electron chi connectivity index (χ1n) is 52.0. The van der Waals surface area contributed by atoms with Crippen LogP contribution in [0.15, 0.2) is 441 Å². The van der Waals surface area contributed by atoms with Gasteiger partial charge in [-0.25, -0.2) is 0 Å². The summed E-state index contributed by atoms with van der Waals surface area (Å²) in [6.07, 6.45) is 0. The molecule has 29 rings (SSSR count). The molecule has 0 saturated heterocycles. The van der Waals surface area contributed by atoms with Gasteiger partial charge in [0.15, 0.2) is 0 Å². The van der Waals surface area contributed by atoms with Crippen LogP contribution in [-0.2, 0) is 21.7 Å². The molecule has 0 atom stereocenters. The number of aromatic nitrogens is 2. The van der Waals surface area contributed by atoms with Gasteiger partial charge in [-0.05, 0) is 318 Å². The van der Waals surface area contributed by atoms with Crippen molar-refractivity contribution in [2.45, 2.75) is 105 Å². The van der Waals surface area contributed by atoms with Crippen LogP contribution in [0.3, 0.4) is 0 Å². The van der Waals surface area contributed by atoms with Crippen molar-refractivity contribution in [3.05, 3.63) is 504 Å². The number of furan rings is 1. The van der Waals surface area contributed by atoms with Gasteiger partial charge in [-0.2, -0.15) is 0 Å². The highest BCUT2D eigenvalue weighted by Crippen LogP contribution is 2.58. The molecule has 0 unspecified atom stereocenters. The van der Waals surface area contributed by atoms with Gasteiger partial charge in [-0.15, -0.1) is 11.3 Å². The van der Waals surface area contributed by atoms with Crippen molar-refractivity contribution < 1.29 is 4.42 Å². The van der Waals surface area contributed by atoms with E-state index in [9.17, 15) is 0 Å². The summed E-state index contributed by atoms with van der Waals surface area (Å²) in [5.74, 6) is 0. The normalized spacial score (nSPS) is 13.9. The predicted molar refractivity (Wildman–Crippen MR) is 627 cm³/mol. The molecular weight excluding hydrogens is 1810 g/mol. The molecule has 21 aromatic carbocycles. The highest BCUT2D eigenvalue weighted by molar-refractivity contribution is 7.26. The molecule has 5 nitrogen and oxygen atoms in total. The van der Waals surface area contributed by atoms with E-state index in [4.69, 9.17) is 4.42 Å². The van der Waals surface area contributed by atoms with E-state index in [0.29, 0.717) is 0 Å². The summed E-state index contributed by atoms with van der Waals surface area (Å²) in [5, 5.41) is 9.86. The number of thiophene rings is 1. The van der Waals surface area contributed by atoms with Crippen LogP contribution >= 0.6 is 11.3 Å². The molecule has 4 aromatic heterocycles. The SMILES string of the molecule is Cc1cc(C)cc(-c2ccc3c(c2)C(C)(C)c2cc(-n4c5ccccc5c5cc(-c6ccc(N(c7ccc(-c8cccc9c8oc8ccccc89)cc7)c7ccc8c(c7)C(C)(C)c7ccccc7-8)cc6)ccc54)ccc2-3)c1.Cc1cc(C)cc(-c2ccc3c(c2)C(C)(C)c2cc(-n4c5ccccc5c5cc(-c6ccc(N(c7ccc8c(c7)C(C)(C)c7ccccc7-8)c7cccc8c7sc7ccccc78)cc6)ccc54)ccc2-3)c1. The average Bonchev–Trinajstić information content (AvgIpc) is 1.57. The van der Waals surface area contributed by atoms with Crippen molar-refractivity contribution in [1.82, 2.24) is 9.13 Å². The van der Waals surface area contributed by atoms with Gasteiger partial charge < -0.3 is 23.4 Å². The second-order valence-electron chi connectivity index (χ2n) is 43.8. The number of anilines is 6. The fourth-order valence-corrected chi connectivity index (χ4v) is 27.3. The largest absolute Gasteiger partial charge is 0.455 e. The number of rotatable bonds is 13. The third kappa shape index (κ3) is 13.8. The van der Waals surface area contributed by atoms with Gasteiger partial charge in [0.25, 0.3) is 0 Å². The zero-order valence-electron chi connectivity index (χ0n) is 85.2. The van der Waals surface area contributed by atoms with Crippen molar-refractivity contribution >= 4 is 131 Å². The topological polar surface area (TPSA) is 29.5 Å². The maximum absolute atomic E-state index is 6.50. The van der Waals surface area contributed by atoms with Crippen LogP contribution in [0.25, 0.3) is 197 Å². The second-order valence-corrected chi connectivity index (χ2v) is 44.8. The van der Waals surface area contributed by atoms with E-state index in [1.807, 2.05) is 17.4 Å². The minimum atomic E-state index is -0.166. The summed E-state index contributed by atoms with van der Waals surface area (Å²) < 4.78 is 14.0. The molecule has 0 saturated carbocycles. The van der Waals surface area contributed by atoms with Gasteiger partial charge in [0.1, 0.15) is 11.2 Å². The van der Waals surface area contributed by atoms with E-state index in [-0.39, 0.29) is 21.7 Å². The van der Waals surface area contributed by atoms with E-state index < -0.39 is 0 Å². The van der Waals surface area contributed by atoms with Crippen molar-refractivity contribution in [1.29, 1.82) is 0 Å². The van der Waals surface area contributed by atoms with Crippen molar-refractivity contribution in [3.8, 4) is 112 Å². The molecule has 25 aromatic rings. The van der Waals surface area contributed by atoms with Crippen LogP contribution in [0.2, 0.25) is 0 Å². The van der Waals surface area contributed by atoms with Gasteiger partial charge >= 0.3 is 0 Å². The molecule has 708 valence electrons. The molecule has 0 aliphatic heterocycles. The van der Waals surface area contributed by atoms with Crippen LogP contribution in [-0.4, -0.2) is 9.13 Å². The van der Waals surface area contributed by atoms with Crippen LogP contribution in [0.1, 0.15) is 122 Å². The van der Waals surface area contributed by atoms with Crippen molar-refractivity contribution in [2.75, 3.05) is 9.80 Å². The molecule has 4 aliphatic carbocycles. The van der Waals surface area contributed by atoms with Gasteiger partial charge in [-0.3, -0.25) is 0 Å². The summed E-state index contributed by atoms with van der Waals surface area (Å²) in [4.78, 5) is 4.89. The zero-order valence-corrected chi connectivity index (χ0v) is 86.0. The molecule has 0 amide bonds. The lowest BCUT2D eigenvalue weighted by atomic mass is 9.81. The lowest BCUT2D eigenvalue weighted by Gasteiger charge is -2.28. The summed E-state index contributed by atoms with van der Waals surface area (Å²) in [6, 6.07) is 164. The molecule has 148 heavy (non-hydrogen) atoms. The maximum atomic E-state index is 6.50. The Bertz CT molecular complexity index is 9870. The first-order valence-corrected chi connectivity index (χ1v) is 52.9. The van der Waals surface area contributed by atoms with E-state index in [1.165, 1.54) is 237 Å². The molecule has 0 spiro atoms. The highest BCUT2D eigenvalue weighted by atomic mass is 32.1. The van der Waals surface area contributed by atoms with Crippen LogP contribution in [0.5, 0.6) is 0 Å². The first-order chi connectivity index (χ1) is 72.0. The molecule has 0 fully saturated rings. The number of para-hydroxylation sites is 4. The lowest BCUT2D eigenvalue weighted by Crippen LogP contribution is -2.16. The Morgan fingerprint density at radius 3 is 1.05 bits per heavy atom. The van der Waals surface area contributed by atoms with Gasteiger partial charge in [0.05, 0.1) is 32.5 Å². The Morgan fingerprint density at radius 1 is 0.209 bits per heavy atom. The molecule has 6 heteroatoms. The summed E-state index contributed by atoms with van der Waals surface area (Å²) in [7, 11) is 0. The number of hydrogen-bond donors (Lipinski definition) is 0. The monoisotopic (exact) mass is 1920 g/mol. The van der Waals surface area contributed by atoms with Crippen molar-refractivity contribution in [2.24, 2.45) is 0 Å². The van der Waals surface area contributed by atoms with E-state index in [0.717, 1.165) is 61.5 Å². The van der Waals surface area contributed by atoms with Crippen LogP contribution in [0, 0.1) is 27.7 Å². The van der Waals surface area contributed by atoms with Gasteiger partial charge in [0.2, 0.25) is 0 Å². The molecule has 4 heterocycles. The molecule has 0 N–H and O–H groups in total. The molecule has 0 radical (unpaired) electrons. The Labute approximate surface area is 867 Å². The number of hydrogen-bond acceptors (Lipinski definition) is 4. The Morgan fingerprint density at radius 2 is 0.547 bits per heavy atom. The third-order valence-electron chi connectivity index (χ3n) is 33.3. The summed E-state index contributed by atoms with van der Waals surface area (Å²) in [6.45, 7) is 27.8. The Hall–Kier alpha value is -17.2. The maximum Gasteiger partial charge on any atom is 0.143 e. The Kier molecular flexibility index (Phi) is 19.9. The van der Waals surface area contributed by atoms with Crippen molar-refractivity contribution in [3.63, 3.8) is 0 Å². The van der Waals surface area contributed by atoms with Crippen LogP contribution in [0.4, 0.5) is 34.1 Å². The summed E-state index contributed by atoms with van der Waals surface area (Å²) >= 11 is 1.88. The molecule has 4 aliphatic rings. The average molecular weight is 1920 g/mol. The predicted octanol–water partition coefficient (Wildman–Crippen LogP) is 39.6. The Balaban J connectivity index is 0.000000143. The minimum Gasteiger partial charge on any atom is -0.455 e. The summed E-state index contributed by atoms with van der Waals surface area (Å²) in [5.41, 5.74) is 54.1. The van der Waals surface area contributed by atoms with Crippen LogP contribution < -0.4 is 9.80 Å². The first kappa shape index (κ1) is 88.5. The second kappa shape index (κ2) is 33.2. The fourth-order valence-electron chi connectivity index (χ4n) is 26.0. The standard InChI is InChI=1S/C74H56N2O.C68H52N2S/c1-45-38-46(2)40-51(39-45)50-26-34-58-60-36-33-55(44-68(60)74(5,6)66(58)42-50)76-69-20-11-8-15-61(69)64-41-49(27-37-70(64)76)47-22-28-52(29-23-47)75(54-32-35-59-57-14-7-10-19-65(57)73(3,4)67(59)43-54)53-30-24-48(25-31-53)56-17-13-18-63-62-16-9-12-21-71(62)77-72(56)63;1-41-34-42(2)36-46(35-41)45-24-30-51-53-32-29-49(40-61(53)68(5,6)59(51)38-45)70-62-19-11-8-15-54(62)57-37-44(25-33-63(57)70)43-22-26-47(27-23-43)69(64-20-13-17-56-55-16-9-12-21-65(55)71-66(56)64)48-28-31-52-50-14-7-10-18-58(50)67(3,4)60(52)39-48/h7-44H,1-6H3;7-40H,1-6H3. The highest BCUT2D eigenvalue weighted by Gasteiger charge is 2.42.